The zero-order valence-electron chi connectivity index (χ0n) is 11.0. The van der Waals surface area contributed by atoms with Crippen LogP contribution < -0.4 is 10.1 Å². The molecule has 0 bridgehead atoms. The first-order valence-corrected chi connectivity index (χ1v) is 6.24. The van der Waals surface area contributed by atoms with E-state index in [2.05, 4.69) is 10.3 Å². The summed E-state index contributed by atoms with van der Waals surface area (Å²) in [6.07, 6.45) is 1.67. The fourth-order valence-electron chi connectivity index (χ4n) is 1.69. The van der Waals surface area contributed by atoms with Gasteiger partial charge in [-0.05, 0) is 31.2 Å². The molecular formula is C15H15FN2O2. The molecule has 2 rings (SSSR count). The summed E-state index contributed by atoms with van der Waals surface area (Å²) in [5.41, 5.74) is 0.770. The van der Waals surface area contributed by atoms with Crippen molar-refractivity contribution in [3.63, 3.8) is 0 Å². The number of hydrogen-bond acceptors (Lipinski definition) is 3. The first-order valence-electron chi connectivity index (χ1n) is 6.24. The SMILES string of the molecule is CC(NC(=O)COc1cccc(F)c1)c1ccccn1. The number of benzene rings is 1. The lowest BCUT2D eigenvalue weighted by atomic mass is 10.2. The molecule has 0 saturated heterocycles. The average Bonchev–Trinajstić information content (AvgIpc) is 2.46. The van der Waals surface area contributed by atoms with Crippen molar-refractivity contribution in [2.75, 3.05) is 6.61 Å². The van der Waals surface area contributed by atoms with Crippen LogP contribution in [0, 0.1) is 5.82 Å². The second-order valence-corrected chi connectivity index (χ2v) is 4.29. The lowest BCUT2D eigenvalue weighted by Gasteiger charge is -2.13. The van der Waals surface area contributed by atoms with Crippen molar-refractivity contribution >= 4 is 5.91 Å². The summed E-state index contributed by atoms with van der Waals surface area (Å²) in [4.78, 5) is 15.9. The minimum Gasteiger partial charge on any atom is -0.484 e. The Morgan fingerprint density at radius 2 is 2.20 bits per heavy atom. The zero-order chi connectivity index (χ0) is 14.4. The fraction of sp³-hybridized carbons (Fsp3) is 0.200. The summed E-state index contributed by atoms with van der Waals surface area (Å²) in [6.45, 7) is 1.67. The van der Waals surface area contributed by atoms with Crippen LogP contribution in [0.15, 0.2) is 48.7 Å². The molecule has 0 fully saturated rings. The smallest absolute Gasteiger partial charge is 0.258 e. The molecule has 1 atom stereocenters. The van der Waals surface area contributed by atoms with Crippen LogP contribution in [0.4, 0.5) is 4.39 Å². The number of rotatable bonds is 5. The number of amides is 1. The van der Waals surface area contributed by atoms with Gasteiger partial charge in [-0.2, -0.15) is 0 Å². The van der Waals surface area contributed by atoms with E-state index < -0.39 is 5.82 Å². The van der Waals surface area contributed by atoms with E-state index in [1.165, 1.54) is 18.2 Å². The number of nitrogens with zero attached hydrogens (tertiary/aromatic N) is 1. The van der Waals surface area contributed by atoms with E-state index in [0.717, 1.165) is 5.69 Å². The first-order chi connectivity index (χ1) is 9.65. The minimum atomic E-state index is -0.398. The molecular weight excluding hydrogens is 259 g/mol. The summed E-state index contributed by atoms with van der Waals surface area (Å²) in [6, 6.07) is 11.0. The van der Waals surface area contributed by atoms with Crippen molar-refractivity contribution < 1.29 is 13.9 Å². The largest absolute Gasteiger partial charge is 0.484 e. The molecule has 0 saturated carbocycles. The minimum absolute atomic E-state index is 0.166. The van der Waals surface area contributed by atoms with Crippen LogP contribution in [-0.4, -0.2) is 17.5 Å². The zero-order valence-corrected chi connectivity index (χ0v) is 11.0. The Morgan fingerprint density at radius 1 is 1.35 bits per heavy atom. The van der Waals surface area contributed by atoms with Crippen molar-refractivity contribution in [3.05, 3.63) is 60.2 Å². The lowest BCUT2D eigenvalue weighted by molar-refractivity contribution is -0.123. The molecule has 1 N–H and O–H groups in total. The summed E-state index contributed by atoms with van der Waals surface area (Å²) >= 11 is 0. The fourth-order valence-corrected chi connectivity index (χ4v) is 1.69. The number of aromatic nitrogens is 1. The molecule has 5 heteroatoms. The van der Waals surface area contributed by atoms with Gasteiger partial charge in [-0.15, -0.1) is 0 Å². The van der Waals surface area contributed by atoms with Gasteiger partial charge in [0.2, 0.25) is 0 Å². The number of pyridine rings is 1. The van der Waals surface area contributed by atoms with Gasteiger partial charge < -0.3 is 10.1 Å². The third kappa shape index (κ3) is 4.05. The molecule has 1 unspecified atom stereocenters. The number of hydrogen-bond donors (Lipinski definition) is 1. The van der Waals surface area contributed by atoms with Gasteiger partial charge in [0.1, 0.15) is 11.6 Å². The topological polar surface area (TPSA) is 51.2 Å². The predicted molar refractivity (Wildman–Crippen MR) is 72.7 cm³/mol. The van der Waals surface area contributed by atoms with Gasteiger partial charge in [0, 0.05) is 12.3 Å². The number of halogens is 1. The van der Waals surface area contributed by atoms with Gasteiger partial charge in [-0.25, -0.2) is 4.39 Å². The Morgan fingerprint density at radius 3 is 2.90 bits per heavy atom. The van der Waals surface area contributed by atoms with Crippen LogP contribution in [0.25, 0.3) is 0 Å². The van der Waals surface area contributed by atoms with E-state index in [1.54, 1.807) is 12.3 Å². The third-order valence-corrected chi connectivity index (χ3v) is 2.67. The van der Waals surface area contributed by atoms with Crippen LogP contribution >= 0.6 is 0 Å². The molecule has 20 heavy (non-hydrogen) atoms. The Hall–Kier alpha value is -2.43. The quantitative estimate of drug-likeness (QED) is 0.911. The van der Waals surface area contributed by atoms with E-state index in [0.29, 0.717) is 5.75 Å². The number of carbonyl (C=O) groups is 1. The van der Waals surface area contributed by atoms with Gasteiger partial charge in [0.15, 0.2) is 6.61 Å². The predicted octanol–water partition coefficient (Wildman–Crippen LogP) is 2.48. The molecule has 104 valence electrons. The Balaban J connectivity index is 1.84. The van der Waals surface area contributed by atoms with Crippen molar-refractivity contribution in [1.82, 2.24) is 10.3 Å². The van der Waals surface area contributed by atoms with Crippen LogP contribution in [0.5, 0.6) is 5.75 Å². The van der Waals surface area contributed by atoms with Crippen molar-refractivity contribution in [2.24, 2.45) is 0 Å². The standard InChI is InChI=1S/C15H15FN2O2/c1-11(14-7-2-3-8-17-14)18-15(19)10-20-13-6-4-5-12(16)9-13/h2-9,11H,10H2,1H3,(H,18,19). The average molecular weight is 274 g/mol. The molecule has 0 radical (unpaired) electrons. The molecule has 4 nitrogen and oxygen atoms in total. The van der Waals surface area contributed by atoms with E-state index in [4.69, 9.17) is 4.74 Å². The monoisotopic (exact) mass is 274 g/mol. The van der Waals surface area contributed by atoms with Gasteiger partial charge in [-0.1, -0.05) is 12.1 Å². The van der Waals surface area contributed by atoms with E-state index >= 15 is 0 Å². The molecule has 2 aromatic rings. The number of ether oxygens (including phenoxy) is 1. The summed E-state index contributed by atoms with van der Waals surface area (Å²) < 4.78 is 18.1. The maximum atomic E-state index is 12.9. The highest BCUT2D eigenvalue weighted by Gasteiger charge is 2.10. The Labute approximate surface area is 116 Å². The third-order valence-electron chi connectivity index (χ3n) is 2.67. The maximum absolute atomic E-state index is 12.9. The molecule has 1 aromatic carbocycles. The Bertz CT molecular complexity index is 575. The van der Waals surface area contributed by atoms with Crippen LogP contribution in [0.3, 0.4) is 0 Å². The second-order valence-electron chi connectivity index (χ2n) is 4.29. The van der Waals surface area contributed by atoms with Crippen LogP contribution in [0.1, 0.15) is 18.7 Å². The Kier molecular flexibility index (Phi) is 4.65. The van der Waals surface area contributed by atoms with E-state index in [9.17, 15) is 9.18 Å². The van der Waals surface area contributed by atoms with Gasteiger partial charge >= 0.3 is 0 Å². The lowest BCUT2D eigenvalue weighted by Crippen LogP contribution is -2.31. The molecule has 0 aliphatic carbocycles. The van der Waals surface area contributed by atoms with Gasteiger partial charge in [0.05, 0.1) is 11.7 Å². The van der Waals surface area contributed by atoms with Crippen molar-refractivity contribution in [2.45, 2.75) is 13.0 Å². The summed E-state index contributed by atoms with van der Waals surface area (Å²) in [7, 11) is 0. The maximum Gasteiger partial charge on any atom is 0.258 e. The second kappa shape index (κ2) is 6.65. The van der Waals surface area contributed by atoms with E-state index in [1.807, 2.05) is 25.1 Å². The van der Waals surface area contributed by atoms with Crippen molar-refractivity contribution in [3.8, 4) is 5.75 Å². The number of carbonyl (C=O) groups excluding carboxylic acids is 1. The molecule has 1 heterocycles. The summed E-state index contributed by atoms with van der Waals surface area (Å²) in [5.74, 6) is -0.359. The highest BCUT2D eigenvalue weighted by atomic mass is 19.1. The highest BCUT2D eigenvalue weighted by molar-refractivity contribution is 5.77. The van der Waals surface area contributed by atoms with Crippen LogP contribution in [-0.2, 0) is 4.79 Å². The number of nitrogens with one attached hydrogen (secondary N) is 1. The van der Waals surface area contributed by atoms with Crippen molar-refractivity contribution in [1.29, 1.82) is 0 Å². The normalized spacial score (nSPS) is 11.7. The van der Waals surface area contributed by atoms with Gasteiger partial charge in [-0.3, -0.25) is 9.78 Å². The molecule has 0 aliphatic heterocycles. The summed E-state index contributed by atoms with van der Waals surface area (Å²) in [5, 5.41) is 2.76. The van der Waals surface area contributed by atoms with Crippen LogP contribution in [0.2, 0.25) is 0 Å². The van der Waals surface area contributed by atoms with Gasteiger partial charge in [0.25, 0.3) is 5.91 Å². The first kappa shape index (κ1) is 14.0. The highest BCUT2D eigenvalue weighted by Crippen LogP contribution is 2.12. The molecule has 0 spiro atoms. The molecule has 0 aliphatic rings. The molecule has 1 aromatic heterocycles. The molecule has 1 amide bonds. The van der Waals surface area contributed by atoms with E-state index in [-0.39, 0.29) is 18.6 Å².